The summed E-state index contributed by atoms with van der Waals surface area (Å²) in [5.74, 6) is 1.62. The molecule has 1 fully saturated rings. The van der Waals surface area contributed by atoms with Crippen LogP contribution in [0.2, 0.25) is 0 Å². The maximum absolute atomic E-state index is 11.1. The van der Waals surface area contributed by atoms with Crippen LogP contribution in [0, 0.1) is 0 Å². The number of nitrogens with one attached hydrogen (secondary N) is 1. The van der Waals surface area contributed by atoms with Crippen molar-refractivity contribution in [1.82, 2.24) is 5.32 Å². The Balaban J connectivity index is 2.26. The Bertz CT molecular complexity index is 174. The van der Waals surface area contributed by atoms with Gasteiger partial charge >= 0.3 is 0 Å². The van der Waals surface area contributed by atoms with Gasteiger partial charge in [0, 0.05) is 34.4 Å². The summed E-state index contributed by atoms with van der Waals surface area (Å²) in [5, 5.41) is 12.6. The third kappa shape index (κ3) is 3.75. The Morgan fingerprint density at radius 2 is 1.92 bits per heavy atom. The van der Waals surface area contributed by atoms with Crippen molar-refractivity contribution in [1.29, 1.82) is 0 Å². The van der Waals surface area contributed by atoms with Crippen LogP contribution in [-0.4, -0.2) is 39.0 Å². The number of hydrogen-bond donors (Lipinski definition) is 2. The first kappa shape index (κ1) is 11.1. The zero-order valence-electron chi connectivity index (χ0n) is 8.32. The molecule has 78 valence electrons. The third-order valence-corrected chi connectivity index (χ3v) is 3.99. The fraction of sp³-hybridized carbons (Fsp3) is 1.00. The number of aliphatic hydroxyl groups excluding tert-OH is 1. The standard InChI is InChI=1S/C9H19NO2S/c1-7(8(2)11)10-9-3-5-13(12)6-4-9/h7-11H,3-6H2,1-2H3. The molecule has 0 radical (unpaired) electrons. The molecule has 1 aliphatic heterocycles. The summed E-state index contributed by atoms with van der Waals surface area (Å²) in [6.07, 6.45) is 1.64. The van der Waals surface area contributed by atoms with Gasteiger partial charge in [-0.15, -0.1) is 0 Å². The molecule has 1 saturated heterocycles. The Morgan fingerprint density at radius 1 is 1.38 bits per heavy atom. The van der Waals surface area contributed by atoms with Crippen molar-refractivity contribution < 1.29 is 9.32 Å². The molecule has 13 heavy (non-hydrogen) atoms. The van der Waals surface area contributed by atoms with E-state index in [1.165, 1.54) is 0 Å². The second-order valence-corrected chi connectivity index (χ2v) is 5.51. The Kier molecular flexibility index (Phi) is 4.35. The van der Waals surface area contributed by atoms with Crippen LogP contribution < -0.4 is 5.32 Å². The fourth-order valence-corrected chi connectivity index (χ4v) is 2.77. The second kappa shape index (κ2) is 5.08. The summed E-state index contributed by atoms with van der Waals surface area (Å²) in [4.78, 5) is 0. The fourth-order valence-electron chi connectivity index (χ4n) is 1.47. The van der Waals surface area contributed by atoms with Gasteiger partial charge in [-0.1, -0.05) is 0 Å². The number of rotatable bonds is 3. The summed E-state index contributed by atoms with van der Waals surface area (Å²) in [6.45, 7) is 3.77. The van der Waals surface area contributed by atoms with E-state index < -0.39 is 10.8 Å². The van der Waals surface area contributed by atoms with Crippen LogP contribution in [0.3, 0.4) is 0 Å². The first-order valence-electron chi connectivity index (χ1n) is 4.88. The van der Waals surface area contributed by atoms with Crippen molar-refractivity contribution in [3.8, 4) is 0 Å². The molecule has 4 heteroatoms. The van der Waals surface area contributed by atoms with Crippen LogP contribution in [0.1, 0.15) is 26.7 Å². The maximum atomic E-state index is 11.1. The van der Waals surface area contributed by atoms with E-state index in [0.717, 1.165) is 24.3 Å². The molecule has 0 bridgehead atoms. The monoisotopic (exact) mass is 205 g/mol. The Hall–Kier alpha value is 0.0700. The smallest absolute Gasteiger partial charge is 0.0662 e. The van der Waals surface area contributed by atoms with Crippen molar-refractivity contribution in [2.75, 3.05) is 11.5 Å². The van der Waals surface area contributed by atoms with E-state index in [9.17, 15) is 9.32 Å². The lowest BCUT2D eigenvalue weighted by Gasteiger charge is -2.27. The molecule has 2 N–H and O–H groups in total. The lowest BCUT2D eigenvalue weighted by molar-refractivity contribution is 0.144. The minimum atomic E-state index is -0.589. The van der Waals surface area contributed by atoms with Crippen LogP contribution in [0.15, 0.2) is 0 Å². The maximum Gasteiger partial charge on any atom is 0.0662 e. The number of aliphatic hydroxyl groups is 1. The van der Waals surface area contributed by atoms with Crippen molar-refractivity contribution in [3.63, 3.8) is 0 Å². The highest BCUT2D eigenvalue weighted by Gasteiger charge is 2.20. The first-order valence-corrected chi connectivity index (χ1v) is 6.37. The molecule has 0 aromatic heterocycles. The van der Waals surface area contributed by atoms with E-state index in [0.29, 0.717) is 6.04 Å². The van der Waals surface area contributed by atoms with Gasteiger partial charge in [-0.2, -0.15) is 0 Å². The zero-order valence-corrected chi connectivity index (χ0v) is 9.14. The molecule has 0 aliphatic carbocycles. The van der Waals surface area contributed by atoms with Gasteiger partial charge < -0.3 is 10.4 Å². The Morgan fingerprint density at radius 3 is 2.38 bits per heavy atom. The molecule has 3 nitrogen and oxygen atoms in total. The SMILES string of the molecule is CC(O)C(C)NC1CCS(=O)CC1. The molecule has 0 spiro atoms. The molecule has 1 aliphatic rings. The minimum Gasteiger partial charge on any atom is -0.392 e. The van der Waals surface area contributed by atoms with E-state index in [1.54, 1.807) is 6.92 Å². The molecular formula is C9H19NO2S. The molecule has 0 aromatic rings. The third-order valence-electron chi connectivity index (χ3n) is 2.61. The largest absolute Gasteiger partial charge is 0.392 e. The predicted molar refractivity (Wildman–Crippen MR) is 55.2 cm³/mol. The van der Waals surface area contributed by atoms with Crippen LogP contribution in [0.4, 0.5) is 0 Å². The molecule has 1 rings (SSSR count). The molecule has 2 unspecified atom stereocenters. The van der Waals surface area contributed by atoms with E-state index in [4.69, 9.17) is 0 Å². The molecule has 0 aromatic carbocycles. The van der Waals surface area contributed by atoms with Gasteiger partial charge in [0.05, 0.1) is 6.10 Å². The molecule has 1 heterocycles. The molecular weight excluding hydrogens is 186 g/mol. The van der Waals surface area contributed by atoms with Gasteiger partial charge in [0.25, 0.3) is 0 Å². The van der Waals surface area contributed by atoms with Gasteiger partial charge in [0.15, 0.2) is 0 Å². The van der Waals surface area contributed by atoms with Crippen molar-refractivity contribution in [2.45, 2.75) is 44.9 Å². The summed E-state index contributed by atoms with van der Waals surface area (Å²) in [6, 6.07) is 0.582. The van der Waals surface area contributed by atoms with Gasteiger partial charge in [-0.05, 0) is 26.7 Å². The summed E-state index contributed by atoms with van der Waals surface area (Å²) >= 11 is 0. The normalized spacial score (nSPS) is 34.1. The lowest BCUT2D eigenvalue weighted by atomic mass is 10.1. The van der Waals surface area contributed by atoms with Gasteiger partial charge in [-0.25, -0.2) is 0 Å². The van der Waals surface area contributed by atoms with Crippen LogP contribution in [0.5, 0.6) is 0 Å². The van der Waals surface area contributed by atoms with Gasteiger partial charge in [0.1, 0.15) is 0 Å². The van der Waals surface area contributed by atoms with E-state index in [2.05, 4.69) is 5.32 Å². The van der Waals surface area contributed by atoms with Gasteiger partial charge in [-0.3, -0.25) is 4.21 Å². The molecule has 0 amide bonds. The van der Waals surface area contributed by atoms with Crippen LogP contribution in [-0.2, 0) is 10.8 Å². The molecule has 0 saturated carbocycles. The zero-order chi connectivity index (χ0) is 9.84. The van der Waals surface area contributed by atoms with E-state index in [1.807, 2.05) is 6.92 Å². The number of hydrogen-bond acceptors (Lipinski definition) is 3. The van der Waals surface area contributed by atoms with Crippen molar-refractivity contribution in [3.05, 3.63) is 0 Å². The predicted octanol–water partition coefficient (Wildman–Crippen LogP) is 0.256. The molecule has 2 atom stereocenters. The van der Waals surface area contributed by atoms with E-state index >= 15 is 0 Å². The highest BCUT2D eigenvalue weighted by molar-refractivity contribution is 7.85. The van der Waals surface area contributed by atoms with Crippen molar-refractivity contribution >= 4 is 10.8 Å². The quantitative estimate of drug-likeness (QED) is 0.695. The average Bonchev–Trinajstić information content (AvgIpc) is 2.08. The lowest BCUT2D eigenvalue weighted by Crippen LogP contribution is -2.45. The highest BCUT2D eigenvalue weighted by Crippen LogP contribution is 2.10. The van der Waals surface area contributed by atoms with Crippen LogP contribution >= 0.6 is 0 Å². The summed E-state index contributed by atoms with van der Waals surface area (Å²) < 4.78 is 11.1. The summed E-state index contributed by atoms with van der Waals surface area (Å²) in [7, 11) is -0.589. The van der Waals surface area contributed by atoms with Gasteiger partial charge in [0.2, 0.25) is 0 Å². The highest BCUT2D eigenvalue weighted by atomic mass is 32.2. The topological polar surface area (TPSA) is 49.3 Å². The summed E-state index contributed by atoms with van der Waals surface area (Å²) in [5.41, 5.74) is 0. The van der Waals surface area contributed by atoms with E-state index in [-0.39, 0.29) is 12.1 Å². The minimum absolute atomic E-state index is 0.136. The first-order chi connectivity index (χ1) is 6.09. The second-order valence-electron chi connectivity index (χ2n) is 3.82. The van der Waals surface area contributed by atoms with Crippen molar-refractivity contribution in [2.24, 2.45) is 0 Å². The van der Waals surface area contributed by atoms with Crippen LogP contribution in [0.25, 0.3) is 0 Å². The Labute approximate surface area is 82.4 Å². The average molecular weight is 205 g/mol.